The fourth-order valence-corrected chi connectivity index (χ4v) is 3.65. The van der Waals surface area contributed by atoms with Gasteiger partial charge in [0.25, 0.3) is 0 Å². The van der Waals surface area contributed by atoms with Crippen molar-refractivity contribution < 1.29 is 14.1 Å². The highest BCUT2D eigenvalue weighted by Crippen LogP contribution is 2.21. The molecule has 158 valence electrons. The number of morpholine rings is 1. The van der Waals surface area contributed by atoms with Gasteiger partial charge in [-0.25, -0.2) is 0 Å². The molecule has 7 nitrogen and oxygen atoms in total. The molecular weight excluding hydrogens is 368 g/mol. The summed E-state index contributed by atoms with van der Waals surface area (Å²) in [6.07, 6.45) is 2.15. The fraction of sp³-hybridized carbons (Fsp3) is 0.591. The van der Waals surface area contributed by atoms with Crippen LogP contribution in [0.15, 0.2) is 28.8 Å². The normalized spacial score (nSPS) is 20.2. The quantitative estimate of drug-likeness (QED) is 0.727. The molecule has 1 fully saturated rings. The Balaban J connectivity index is 1.51. The molecule has 2 heterocycles. The van der Waals surface area contributed by atoms with Gasteiger partial charge in [-0.15, -0.1) is 0 Å². The lowest BCUT2D eigenvalue weighted by atomic mass is 10.1. The summed E-state index contributed by atoms with van der Waals surface area (Å²) >= 11 is 0. The van der Waals surface area contributed by atoms with E-state index in [1.165, 1.54) is 0 Å². The Hall–Kier alpha value is -2.25. The number of ether oxygens (including phenoxy) is 1. The van der Waals surface area contributed by atoms with E-state index in [0.717, 1.165) is 30.9 Å². The largest absolute Gasteiger partial charge is 0.373 e. The van der Waals surface area contributed by atoms with Crippen molar-refractivity contribution in [1.29, 1.82) is 0 Å². The van der Waals surface area contributed by atoms with Crippen molar-refractivity contribution in [3.05, 3.63) is 41.5 Å². The predicted octanol–water partition coefficient (Wildman–Crippen LogP) is 3.76. The molecule has 2 atom stereocenters. The average Bonchev–Trinajstić information content (AvgIpc) is 3.12. The second kappa shape index (κ2) is 9.98. The first-order chi connectivity index (χ1) is 13.9. The van der Waals surface area contributed by atoms with Gasteiger partial charge in [0.2, 0.25) is 11.8 Å². The monoisotopic (exact) mass is 400 g/mol. The molecule has 3 rings (SSSR count). The van der Waals surface area contributed by atoms with Crippen LogP contribution in [-0.2, 0) is 22.5 Å². The number of hydrogen-bond donors (Lipinski definition) is 1. The molecule has 2 aromatic rings. The number of nitrogens with zero attached hydrogens (tertiary/aromatic N) is 3. The highest BCUT2D eigenvalue weighted by molar-refractivity contribution is 5.91. The zero-order valence-corrected chi connectivity index (χ0v) is 17.9. The Morgan fingerprint density at radius 3 is 2.66 bits per heavy atom. The number of carbonyl (C=O) groups is 1. The number of aromatic nitrogens is 2. The van der Waals surface area contributed by atoms with Gasteiger partial charge < -0.3 is 14.6 Å². The fourth-order valence-electron chi connectivity index (χ4n) is 3.65. The van der Waals surface area contributed by atoms with E-state index in [1.807, 2.05) is 32.0 Å². The topological polar surface area (TPSA) is 80.5 Å². The van der Waals surface area contributed by atoms with Crippen LogP contribution < -0.4 is 5.32 Å². The van der Waals surface area contributed by atoms with Crippen LogP contribution >= 0.6 is 0 Å². The Bertz CT molecular complexity index is 795. The van der Waals surface area contributed by atoms with Gasteiger partial charge >= 0.3 is 0 Å². The summed E-state index contributed by atoms with van der Waals surface area (Å²) in [6.45, 7) is 10.8. The zero-order valence-electron chi connectivity index (χ0n) is 17.9. The van der Waals surface area contributed by atoms with Crippen LogP contribution in [0.4, 0.5) is 5.69 Å². The van der Waals surface area contributed by atoms with Gasteiger partial charge in [0, 0.05) is 44.1 Å². The third-order valence-electron chi connectivity index (χ3n) is 4.98. The molecule has 0 saturated carbocycles. The van der Waals surface area contributed by atoms with E-state index < -0.39 is 0 Å². The Morgan fingerprint density at radius 1 is 1.24 bits per heavy atom. The lowest BCUT2D eigenvalue weighted by Crippen LogP contribution is -2.44. The molecule has 1 N–H and O–H groups in total. The standard InChI is InChI=1S/C22H32N4O3/c1-15(2)22-24-21(29-25-22)11-7-10-20(27)23-19-9-6-5-8-18(19)14-26-12-16(3)28-17(4)13-26/h5-6,8-9,15-17H,7,10-14H2,1-4H3,(H,23,27). The minimum Gasteiger partial charge on any atom is -0.373 e. The van der Waals surface area contributed by atoms with Gasteiger partial charge in [0.15, 0.2) is 5.82 Å². The number of para-hydroxylation sites is 1. The number of amides is 1. The van der Waals surface area contributed by atoms with Crippen molar-refractivity contribution >= 4 is 11.6 Å². The molecule has 1 aromatic heterocycles. The van der Waals surface area contributed by atoms with Crippen LogP contribution in [0.5, 0.6) is 0 Å². The molecule has 0 radical (unpaired) electrons. The SMILES string of the molecule is CC1CN(Cc2ccccc2NC(=O)CCCc2nc(C(C)C)no2)CC(C)O1. The van der Waals surface area contributed by atoms with Crippen molar-refractivity contribution in [1.82, 2.24) is 15.0 Å². The molecule has 1 amide bonds. The second-order valence-corrected chi connectivity index (χ2v) is 8.21. The molecule has 0 bridgehead atoms. The lowest BCUT2D eigenvalue weighted by molar-refractivity contribution is -0.116. The number of rotatable bonds is 8. The van der Waals surface area contributed by atoms with E-state index in [1.54, 1.807) is 0 Å². The molecule has 1 aromatic carbocycles. The van der Waals surface area contributed by atoms with Gasteiger partial charge in [0.1, 0.15) is 0 Å². The number of nitrogens with one attached hydrogen (secondary N) is 1. The first-order valence-electron chi connectivity index (χ1n) is 10.5. The van der Waals surface area contributed by atoms with Crippen molar-refractivity contribution in [3.8, 4) is 0 Å². The average molecular weight is 401 g/mol. The summed E-state index contributed by atoms with van der Waals surface area (Å²) < 4.78 is 11.1. The number of carbonyl (C=O) groups excluding carboxylic acids is 1. The highest BCUT2D eigenvalue weighted by atomic mass is 16.5. The van der Waals surface area contributed by atoms with Crippen LogP contribution in [0.25, 0.3) is 0 Å². The first-order valence-corrected chi connectivity index (χ1v) is 10.5. The maximum absolute atomic E-state index is 12.5. The lowest BCUT2D eigenvalue weighted by Gasteiger charge is -2.35. The molecular formula is C22H32N4O3. The van der Waals surface area contributed by atoms with Crippen molar-refractivity contribution in [2.45, 2.75) is 71.6 Å². The molecule has 1 saturated heterocycles. The minimum atomic E-state index is 0.00441. The Labute approximate surface area is 172 Å². The number of aryl methyl sites for hydroxylation is 1. The Morgan fingerprint density at radius 2 is 1.97 bits per heavy atom. The number of benzene rings is 1. The summed E-state index contributed by atoms with van der Waals surface area (Å²) in [5.41, 5.74) is 2.00. The van der Waals surface area contributed by atoms with Crippen LogP contribution in [-0.4, -0.2) is 46.2 Å². The van der Waals surface area contributed by atoms with Crippen LogP contribution in [0.1, 0.15) is 63.7 Å². The summed E-state index contributed by atoms with van der Waals surface area (Å²) in [5.74, 6) is 1.55. The molecule has 0 spiro atoms. The molecule has 2 unspecified atom stereocenters. The molecule has 1 aliphatic rings. The molecule has 7 heteroatoms. The van der Waals surface area contributed by atoms with E-state index in [0.29, 0.717) is 31.0 Å². The van der Waals surface area contributed by atoms with Crippen molar-refractivity contribution in [3.63, 3.8) is 0 Å². The predicted molar refractivity (Wildman–Crippen MR) is 112 cm³/mol. The maximum Gasteiger partial charge on any atom is 0.226 e. The summed E-state index contributed by atoms with van der Waals surface area (Å²) in [4.78, 5) is 19.2. The zero-order chi connectivity index (χ0) is 20.8. The van der Waals surface area contributed by atoms with Crippen molar-refractivity contribution in [2.75, 3.05) is 18.4 Å². The summed E-state index contributed by atoms with van der Waals surface area (Å²) in [6, 6.07) is 8.01. The second-order valence-electron chi connectivity index (χ2n) is 8.21. The number of anilines is 1. The van der Waals surface area contributed by atoms with E-state index in [9.17, 15) is 4.79 Å². The van der Waals surface area contributed by atoms with E-state index in [2.05, 4.69) is 40.3 Å². The smallest absolute Gasteiger partial charge is 0.226 e. The first kappa shape index (κ1) is 21.5. The third kappa shape index (κ3) is 6.37. The van der Waals surface area contributed by atoms with E-state index >= 15 is 0 Å². The molecule has 1 aliphatic heterocycles. The summed E-state index contributed by atoms with van der Waals surface area (Å²) in [7, 11) is 0. The number of hydrogen-bond acceptors (Lipinski definition) is 6. The summed E-state index contributed by atoms with van der Waals surface area (Å²) in [5, 5.41) is 7.03. The highest BCUT2D eigenvalue weighted by Gasteiger charge is 2.23. The third-order valence-corrected chi connectivity index (χ3v) is 4.98. The van der Waals surface area contributed by atoms with Crippen LogP contribution in [0.2, 0.25) is 0 Å². The van der Waals surface area contributed by atoms with E-state index in [-0.39, 0.29) is 24.0 Å². The Kier molecular flexibility index (Phi) is 7.39. The molecule has 29 heavy (non-hydrogen) atoms. The van der Waals surface area contributed by atoms with Gasteiger partial charge in [-0.2, -0.15) is 4.98 Å². The van der Waals surface area contributed by atoms with Crippen LogP contribution in [0, 0.1) is 0 Å². The minimum absolute atomic E-state index is 0.00441. The van der Waals surface area contributed by atoms with Gasteiger partial charge in [-0.1, -0.05) is 37.2 Å². The van der Waals surface area contributed by atoms with Crippen molar-refractivity contribution in [2.24, 2.45) is 0 Å². The maximum atomic E-state index is 12.5. The van der Waals surface area contributed by atoms with Gasteiger partial charge in [-0.3, -0.25) is 9.69 Å². The molecule has 0 aliphatic carbocycles. The van der Waals surface area contributed by atoms with E-state index in [4.69, 9.17) is 9.26 Å². The van der Waals surface area contributed by atoms with Gasteiger partial charge in [-0.05, 0) is 31.9 Å². The van der Waals surface area contributed by atoms with Gasteiger partial charge in [0.05, 0.1) is 12.2 Å². The van der Waals surface area contributed by atoms with Crippen LogP contribution in [0.3, 0.4) is 0 Å².